The van der Waals surface area contributed by atoms with E-state index in [1.54, 1.807) is 4.90 Å². The average molecular weight is 650 g/mol. The molecule has 0 radical (unpaired) electrons. The zero-order valence-corrected chi connectivity index (χ0v) is 26.2. The molecule has 2 aliphatic rings. The summed E-state index contributed by atoms with van der Waals surface area (Å²) in [7, 11) is 0. The van der Waals surface area contributed by atoms with Crippen LogP contribution in [0.25, 0.3) is 0 Å². The molecule has 1 N–H and O–H groups in total. The molecule has 0 spiro atoms. The van der Waals surface area contributed by atoms with Gasteiger partial charge in [0.1, 0.15) is 0 Å². The second kappa shape index (κ2) is 19.1. The minimum atomic E-state index is -0.715. The lowest BCUT2D eigenvalue weighted by atomic mass is 10.0. The summed E-state index contributed by atoms with van der Waals surface area (Å²) in [6, 6.07) is 15.3. The van der Waals surface area contributed by atoms with E-state index >= 15 is 0 Å². The molecule has 2 aliphatic heterocycles. The smallest absolute Gasteiger partial charge is 0.335 e. The van der Waals surface area contributed by atoms with Crippen LogP contribution in [0.15, 0.2) is 48.5 Å². The van der Waals surface area contributed by atoms with E-state index in [1.165, 1.54) is 0 Å². The first kappa shape index (κ1) is 35.2. The fraction of sp³-hybridized carbons (Fsp3) is 0.441. The number of fused-ring (bicyclic) bond motifs is 2. The Bertz CT molecular complexity index is 1450. The summed E-state index contributed by atoms with van der Waals surface area (Å²) in [5.74, 6) is 4.23. The molecular weight excluding hydrogens is 610 g/mol. The van der Waals surface area contributed by atoms with Gasteiger partial charge in [0.25, 0.3) is 11.8 Å². The van der Waals surface area contributed by atoms with Crippen molar-refractivity contribution in [3.8, 4) is 11.8 Å². The molecule has 4 amide bonds. The molecule has 0 bridgehead atoms. The van der Waals surface area contributed by atoms with E-state index < -0.39 is 17.8 Å². The lowest BCUT2D eigenvalue weighted by Crippen LogP contribution is -2.34. The Kier molecular flexibility index (Phi) is 14.4. The van der Waals surface area contributed by atoms with Crippen molar-refractivity contribution in [1.82, 2.24) is 10.4 Å². The second-order valence-electron chi connectivity index (χ2n) is 10.5. The van der Waals surface area contributed by atoms with Crippen LogP contribution in [0.2, 0.25) is 0 Å². The van der Waals surface area contributed by atoms with Gasteiger partial charge in [-0.1, -0.05) is 42.2 Å². The summed E-state index contributed by atoms with van der Waals surface area (Å²) in [4.78, 5) is 66.6. The average Bonchev–Trinajstić information content (AvgIpc) is 3.38. The number of amides is 4. The minimum absolute atomic E-state index is 0.0476. The third kappa shape index (κ3) is 11.6. The molecule has 1 fully saturated rings. The zero-order chi connectivity index (χ0) is 33.3. The maximum absolute atomic E-state index is 13.2. The Morgan fingerprint density at radius 3 is 1.96 bits per heavy atom. The van der Waals surface area contributed by atoms with Gasteiger partial charge in [0, 0.05) is 43.4 Å². The number of nitrogens with one attached hydrogen (secondary N) is 1. The van der Waals surface area contributed by atoms with E-state index in [-0.39, 0.29) is 57.1 Å². The van der Waals surface area contributed by atoms with Crippen LogP contribution in [0, 0.1) is 11.8 Å². The highest BCUT2D eigenvalue weighted by atomic mass is 16.7. The van der Waals surface area contributed by atoms with Crippen LogP contribution in [0.5, 0.6) is 0 Å². The van der Waals surface area contributed by atoms with Gasteiger partial charge < -0.3 is 34.0 Å². The molecule has 2 aromatic rings. The molecule has 13 heteroatoms. The molecule has 0 aromatic heterocycles. The fourth-order valence-electron chi connectivity index (χ4n) is 4.64. The van der Waals surface area contributed by atoms with Crippen LogP contribution >= 0.6 is 0 Å². The molecule has 4 rings (SSSR count). The predicted molar refractivity (Wildman–Crippen MR) is 167 cm³/mol. The normalized spacial score (nSPS) is 13.6. The van der Waals surface area contributed by atoms with Crippen LogP contribution in [-0.2, 0) is 54.3 Å². The Balaban J connectivity index is 0.971. The van der Waals surface area contributed by atoms with E-state index in [0.717, 1.165) is 22.4 Å². The number of nitrogens with zero attached hydrogens (tertiary/aromatic N) is 2. The first-order chi connectivity index (χ1) is 22.9. The third-order valence-electron chi connectivity index (χ3n) is 7.07. The Morgan fingerprint density at radius 2 is 1.26 bits per heavy atom. The molecule has 0 saturated carbocycles. The Hall–Kier alpha value is -4.61. The maximum Gasteiger partial charge on any atom is 0.335 e. The summed E-state index contributed by atoms with van der Waals surface area (Å²) in [5, 5.41) is 3.29. The summed E-state index contributed by atoms with van der Waals surface area (Å²) < 4.78 is 21.6. The van der Waals surface area contributed by atoms with Crippen LogP contribution < -0.4 is 10.2 Å². The number of hydroxylamine groups is 2. The lowest BCUT2D eigenvalue weighted by Gasteiger charge is -2.26. The van der Waals surface area contributed by atoms with Crippen molar-refractivity contribution in [2.45, 2.75) is 38.6 Å². The number of benzene rings is 2. The van der Waals surface area contributed by atoms with Crippen LogP contribution in [0.1, 0.15) is 48.8 Å². The molecule has 250 valence electrons. The van der Waals surface area contributed by atoms with Crippen molar-refractivity contribution in [3.63, 3.8) is 0 Å². The van der Waals surface area contributed by atoms with Gasteiger partial charge in [-0.15, -0.1) is 5.06 Å². The van der Waals surface area contributed by atoms with Crippen molar-refractivity contribution < 1.29 is 47.8 Å². The first-order valence-corrected chi connectivity index (χ1v) is 15.6. The maximum atomic E-state index is 13.2. The highest BCUT2D eigenvalue weighted by Crippen LogP contribution is 2.26. The quantitative estimate of drug-likeness (QED) is 0.136. The van der Waals surface area contributed by atoms with Gasteiger partial charge in [-0.25, -0.2) is 4.79 Å². The SMILES string of the molecule is O=C(CCC(=O)N1Cc2ccccc2C#Cc2ccccc21)NCCOCCOCCOCCOCCC(=O)ON1C(=O)CCC1=O. The van der Waals surface area contributed by atoms with Crippen molar-refractivity contribution in [2.24, 2.45) is 0 Å². The van der Waals surface area contributed by atoms with Gasteiger partial charge in [0.15, 0.2) is 0 Å². The molecule has 1 saturated heterocycles. The summed E-state index contributed by atoms with van der Waals surface area (Å²) in [5.41, 5.74) is 3.35. The first-order valence-electron chi connectivity index (χ1n) is 15.6. The molecule has 47 heavy (non-hydrogen) atoms. The van der Waals surface area contributed by atoms with Gasteiger partial charge in [-0.2, -0.15) is 0 Å². The van der Waals surface area contributed by atoms with Crippen LogP contribution in [-0.4, -0.2) is 94.1 Å². The number of hydrogen-bond donors (Lipinski definition) is 1. The third-order valence-corrected chi connectivity index (χ3v) is 7.07. The lowest BCUT2D eigenvalue weighted by molar-refractivity contribution is -0.198. The van der Waals surface area contributed by atoms with E-state index in [2.05, 4.69) is 17.2 Å². The molecule has 2 aromatic carbocycles. The van der Waals surface area contributed by atoms with Crippen molar-refractivity contribution in [1.29, 1.82) is 0 Å². The number of carbonyl (C=O) groups is 5. The van der Waals surface area contributed by atoms with Gasteiger partial charge in [0.2, 0.25) is 11.8 Å². The van der Waals surface area contributed by atoms with Crippen LogP contribution in [0.3, 0.4) is 0 Å². The highest BCUT2D eigenvalue weighted by molar-refractivity contribution is 6.01. The van der Waals surface area contributed by atoms with Gasteiger partial charge in [0.05, 0.1) is 71.5 Å². The molecule has 0 aliphatic carbocycles. The largest absolute Gasteiger partial charge is 0.378 e. The van der Waals surface area contributed by atoms with Crippen molar-refractivity contribution >= 4 is 35.3 Å². The molecule has 2 heterocycles. The van der Waals surface area contributed by atoms with Crippen molar-refractivity contribution in [2.75, 3.05) is 64.3 Å². The summed E-state index contributed by atoms with van der Waals surface area (Å²) >= 11 is 0. The zero-order valence-electron chi connectivity index (χ0n) is 26.2. The van der Waals surface area contributed by atoms with E-state index in [1.807, 2.05) is 48.5 Å². The van der Waals surface area contributed by atoms with E-state index in [9.17, 15) is 24.0 Å². The summed E-state index contributed by atoms with van der Waals surface area (Å²) in [6.07, 6.45) is 0.134. The Morgan fingerprint density at radius 1 is 0.681 bits per heavy atom. The van der Waals surface area contributed by atoms with Gasteiger partial charge >= 0.3 is 5.97 Å². The predicted octanol–water partition coefficient (Wildman–Crippen LogP) is 1.89. The van der Waals surface area contributed by atoms with Gasteiger partial charge in [-0.3, -0.25) is 19.2 Å². The molecule has 0 atom stereocenters. The number of rotatable bonds is 19. The second-order valence-corrected chi connectivity index (χ2v) is 10.5. The van der Waals surface area contributed by atoms with E-state index in [0.29, 0.717) is 57.8 Å². The molecular formula is C34H39N3O10. The summed E-state index contributed by atoms with van der Waals surface area (Å²) in [6.45, 7) is 3.06. The number of hydrogen-bond acceptors (Lipinski definition) is 10. The molecule has 0 unspecified atom stereocenters. The number of anilines is 1. The number of carbonyl (C=O) groups excluding carboxylic acids is 5. The Labute approximate surface area is 273 Å². The molecule has 13 nitrogen and oxygen atoms in total. The monoisotopic (exact) mass is 649 g/mol. The highest BCUT2D eigenvalue weighted by Gasteiger charge is 2.32. The fourth-order valence-corrected chi connectivity index (χ4v) is 4.64. The number of para-hydroxylation sites is 1. The van der Waals surface area contributed by atoms with Gasteiger partial charge in [-0.05, 0) is 23.8 Å². The van der Waals surface area contributed by atoms with Crippen LogP contribution in [0.4, 0.5) is 5.69 Å². The minimum Gasteiger partial charge on any atom is -0.378 e. The van der Waals surface area contributed by atoms with E-state index in [4.69, 9.17) is 23.8 Å². The standard InChI is InChI=1S/C34H39N3O10/c38-30(11-12-31(39)36-25-28-7-2-1-5-26(28)9-10-27-6-3-4-8-29(27)36)35-16-18-44-20-22-46-24-23-45-21-19-43-17-15-34(42)47-37-32(40)13-14-33(37)41/h1-8H,11-25H2,(H,35,38). The number of imide groups is 1. The van der Waals surface area contributed by atoms with Crippen molar-refractivity contribution in [3.05, 3.63) is 65.2 Å². The number of ether oxygens (including phenoxy) is 4. The topological polar surface area (TPSA) is 150 Å².